The second-order valence-electron chi connectivity index (χ2n) is 9.35. The van der Waals surface area contributed by atoms with Crippen molar-refractivity contribution in [1.29, 1.82) is 0 Å². The van der Waals surface area contributed by atoms with Crippen molar-refractivity contribution in [3.05, 3.63) is 95.0 Å². The van der Waals surface area contributed by atoms with Crippen molar-refractivity contribution in [2.24, 2.45) is 0 Å². The van der Waals surface area contributed by atoms with Crippen molar-refractivity contribution in [1.82, 2.24) is 10.2 Å². The minimum Gasteiger partial charge on any atom is -0.352 e. The van der Waals surface area contributed by atoms with Gasteiger partial charge in [0.05, 0.1) is 10.6 Å². The number of nitrogens with zero attached hydrogens (tertiary/aromatic N) is 2. The largest absolute Gasteiger partial charge is 0.352 e. The molecule has 3 aromatic carbocycles. The Morgan fingerprint density at radius 3 is 2.11 bits per heavy atom. The number of carbonyl (C=O) groups is 2. The number of halogens is 1. The summed E-state index contributed by atoms with van der Waals surface area (Å²) in [4.78, 5) is 28.6. The lowest BCUT2D eigenvalue weighted by atomic mass is 10.1. The van der Waals surface area contributed by atoms with E-state index < -0.39 is 28.5 Å². The van der Waals surface area contributed by atoms with Crippen molar-refractivity contribution in [3.63, 3.8) is 0 Å². The second-order valence-corrected chi connectivity index (χ2v) is 11.6. The van der Waals surface area contributed by atoms with E-state index in [0.717, 1.165) is 9.87 Å². The second kappa shape index (κ2) is 12.9. The summed E-state index contributed by atoms with van der Waals surface area (Å²) in [6, 6.07) is 21.2. The van der Waals surface area contributed by atoms with E-state index in [9.17, 15) is 18.0 Å². The molecule has 3 aromatic rings. The van der Waals surface area contributed by atoms with E-state index in [1.165, 1.54) is 17.0 Å². The third-order valence-corrected chi connectivity index (χ3v) is 8.06. The molecule has 7 nitrogen and oxygen atoms in total. The SMILES string of the molecule is CC[C@H](C(=O)NC(C)C)N(Cc1ccccc1)C(=O)CN(c1ccc(Cl)cc1C)S(=O)(=O)c1ccccc1. The number of carbonyl (C=O) groups excluding carboxylic acids is 2. The van der Waals surface area contributed by atoms with Crippen LogP contribution in [0.15, 0.2) is 83.8 Å². The molecule has 0 heterocycles. The lowest BCUT2D eigenvalue weighted by molar-refractivity contribution is -0.140. The molecule has 0 saturated heterocycles. The lowest BCUT2D eigenvalue weighted by Crippen LogP contribution is -2.53. The number of hydrogen-bond donors (Lipinski definition) is 1. The molecule has 1 atom stereocenters. The minimum atomic E-state index is -4.12. The first-order valence-corrected chi connectivity index (χ1v) is 14.3. The summed E-state index contributed by atoms with van der Waals surface area (Å²) in [6.45, 7) is 6.95. The zero-order valence-corrected chi connectivity index (χ0v) is 23.7. The molecule has 0 aliphatic rings. The summed E-state index contributed by atoms with van der Waals surface area (Å²) in [5, 5.41) is 3.35. The fourth-order valence-corrected chi connectivity index (χ4v) is 5.94. The monoisotopic (exact) mass is 555 g/mol. The van der Waals surface area contributed by atoms with E-state index >= 15 is 0 Å². The van der Waals surface area contributed by atoms with Crippen LogP contribution in [-0.2, 0) is 26.2 Å². The van der Waals surface area contributed by atoms with Gasteiger partial charge in [0.15, 0.2) is 0 Å². The average Bonchev–Trinajstić information content (AvgIpc) is 2.88. The van der Waals surface area contributed by atoms with Crippen LogP contribution in [0.4, 0.5) is 5.69 Å². The Hall–Kier alpha value is -3.36. The number of sulfonamides is 1. The molecule has 0 bridgehead atoms. The third-order valence-electron chi connectivity index (χ3n) is 6.05. The number of benzene rings is 3. The maximum atomic E-state index is 14.0. The maximum Gasteiger partial charge on any atom is 0.264 e. The summed E-state index contributed by atoms with van der Waals surface area (Å²) in [7, 11) is -4.12. The summed E-state index contributed by atoms with van der Waals surface area (Å²) < 4.78 is 28.8. The number of hydrogen-bond acceptors (Lipinski definition) is 4. The quantitative estimate of drug-likeness (QED) is 0.353. The van der Waals surface area contributed by atoms with Crippen molar-refractivity contribution in [2.45, 2.75) is 57.6 Å². The van der Waals surface area contributed by atoms with Gasteiger partial charge >= 0.3 is 0 Å². The van der Waals surface area contributed by atoms with Gasteiger partial charge in [0.25, 0.3) is 10.0 Å². The van der Waals surface area contributed by atoms with Gasteiger partial charge in [-0.15, -0.1) is 0 Å². The van der Waals surface area contributed by atoms with Crippen LogP contribution in [-0.4, -0.2) is 43.8 Å². The average molecular weight is 556 g/mol. The Morgan fingerprint density at radius 2 is 1.55 bits per heavy atom. The first kappa shape index (κ1) is 29.2. The van der Waals surface area contributed by atoms with Gasteiger partial charge in [-0.3, -0.25) is 13.9 Å². The Bertz CT molecular complexity index is 1350. The van der Waals surface area contributed by atoms with Gasteiger partial charge < -0.3 is 10.2 Å². The molecule has 0 unspecified atom stereocenters. The van der Waals surface area contributed by atoms with Crippen LogP contribution < -0.4 is 9.62 Å². The van der Waals surface area contributed by atoms with E-state index in [4.69, 9.17) is 11.6 Å². The summed E-state index contributed by atoms with van der Waals surface area (Å²) in [5.41, 5.74) is 1.77. The van der Waals surface area contributed by atoms with Gasteiger partial charge in [0, 0.05) is 17.6 Å². The summed E-state index contributed by atoms with van der Waals surface area (Å²) >= 11 is 6.15. The van der Waals surface area contributed by atoms with Crippen LogP contribution >= 0.6 is 11.6 Å². The first-order valence-electron chi connectivity index (χ1n) is 12.5. The molecule has 38 heavy (non-hydrogen) atoms. The lowest BCUT2D eigenvalue weighted by Gasteiger charge is -2.34. The number of anilines is 1. The zero-order valence-electron chi connectivity index (χ0n) is 22.1. The van der Waals surface area contributed by atoms with E-state index in [-0.39, 0.29) is 23.4 Å². The molecule has 0 saturated carbocycles. The van der Waals surface area contributed by atoms with E-state index in [2.05, 4.69) is 5.32 Å². The van der Waals surface area contributed by atoms with Gasteiger partial charge in [-0.05, 0) is 68.7 Å². The smallest absolute Gasteiger partial charge is 0.264 e. The molecular weight excluding hydrogens is 522 g/mol. The van der Waals surface area contributed by atoms with Gasteiger partial charge in [-0.2, -0.15) is 0 Å². The zero-order chi connectivity index (χ0) is 27.9. The Labute approximate surface area is 230 Å². The number of nitrogens with one attached hydrogen (secondary N) is 1. The van der Waals surface area contributed by atoms with Crippen LogP contribution in [0.3, 0.4) is 0 Å². The molecule has 0 aliphatic heterocycles. The van der Waals surface area contributed by atoms with E-state index in [1.54, 1.807) is 43.3 Å². The van der Waals surface area contributed by atoms with Crippen LogP contribution in [0.5, 0.6) is 0 Å². The van der Waals surface area contributed by atoms with Crippen molar-refractivity contribution in [3.8, 4) is 0 Å². The maximum absolute atomic E-state index is 14.0. The van der Waals surface area contributed by atoms with E-state index in [1.807, 2.05) is 51.1 Å². The Kier molecular flexibility index (Phi) is 9.94. The standard InChI is InChI=1S/C29H34ClN3O4S/c1-5-26(29(35)31-21(2)3)32(19-23-12-8-6-9-13-23)28(34)20-33(27-17-16-24(30)18-22(27)4)38(36,37)25-14-10-7-11-15-25/h6-18,21,26H,5,19-20H2,1-4H3,(H,31,35)/t26-/m1/s1. The Balaban J connectivity index is 2.07. The summed E-state index contributed by atoms with van der Waals surface area (Å²) in [5.74, 6) is -0.777. The van der Waals surface area contributed by atoms with Crippen LogP contribution in [0.1, 0.15) is 38.3 Å². The van der Waals surface area contributed by atoms with Gasteiger partial charge in [-0.1, -0.05) is 67.1 Å². The van der Waals surface area contributed by atoms with Crippen LogP contribution in [0.25, 0.3) is 0 Å². The minimum absolute atomic E-state index is 0.0568. The molecule has 0 radical (unpaired) electrons. The van der Waals surface area contributed by atoms with Gasteiger partial charge in [0.1, 0.15) is 12.6 Å². The van der Waals surface area contributed by atoms with Crippen molar-refractivity contribution < 1.29 is 18.0 Å². The molecule has 3 rings (SSSR count). The normalized spacial score (nSPS) is 12.2. The summed E-state index contributed by atoms with van der Waals surface area (Å²) in [6.07, 6.45) is 0.364. The molecule has 202 valence electrons. The molecule has 0 aromatic heterocycles. The van der Waals surface area contributed by atoms with Gasteiger partial charge in [-0.25, -0.2) is 8.42 Å². The van der Waals surface area contributed by atoms with Gasteiger partial charge in [0.2, 0.25) is 11.8 Å². The molecule has 9 heteroatoms. The number of amides is 2. The molecule has 2 amide bonds. The fourth-order valence-electron chi connectivity index (χ4n) is 4.21. The highest BCUT2D eigenvalue weighted by Crippen LogP contribution is 2.29. The van der Waals surface area contributed by atoms with E-state index in [0.29, 0.717) is 22.7 Å². The molecule has 0 spiro atoms. The van der Waals surface area contributed by atoms with Crippen LogP contribution in [0.2, 0.25) is 5.02 Å². The predicted molar refractivity (Wildman–Crippen MR) is 152 cm³/mol. The fraction of sp³-hybridized carbons (Fsp3) is 0.310. The molecule has 0 fully saturated rings. The molecule has 1 N–H and O–H groups in total. The highest BCUT2D eigenvalue weighted by molar-refractivity contribution is 7.92. The molecular formula is C29H34ClN3O4S. The van der Waals surface area contributed by atoms with Crippen LogP contribution in [0, 0.1) is 6.92 Å². The number of aryl methyl sites for hydroxylation is 1. The van der Waals surface area contributed by atoms with Crippen molar-refractivity contribution >= 4 is 39.1 Å². The first-order chi connectivity index (χ1) is 18.0. The Morgan fingerprint density at radius 1 is 0.947 bits per heavy atom. The topological polar surface area (TPSA) is 86.8 Å². The highest BCUT2D eigenvalue weighted by Gasteiger charge is 2.34. The highest BCUT2D eigenvalue weighted by atomic mass is 35.5. The number of rotatable bonds is 11. The van der Waals surface area contributed by atoms with Crippen molar-refractivity contribution in [2.75, 3.05) is 10.8 Å². The third kappa shape index (κ3) is 7.14. The molecule has 0 aliphatic carbocycles. The predicted octanol–water partition coefficient (Wildman–Crippen LogP) is 5.18.